The van der Waals surface area contributed by atoms with Gasteiger partial charge in [-0.05, 0) is 17.7 Å². The number of rotatable bonds is 2. The molecule has 1 aromatic rings. The summed E-state index contributed by atoms with van der Waals surface area (Å²) >= 11 is 0. The van der Waals surface area contributed by atoms with Crippen molar-refractivity contribution in [1.29, 1.82) is 0 Å². The van der Waals surface area contributed by atoms with Crippen LogP contribution < -0.4 is 5.32 Å². The Kier molecular flexibility index (Phi) is 4.00. The maximum Gasteiger partial charge on any atom is 0.407 e. The number of alkyl carbamates (subject to hydrolysis) is 1. The van der Waals surface area contributed by atoms with Gasteiger partial charge in [-0.15, -0.1) is 12.4 Å². The first kappa shape index (κ1) is 13.8. The zero-order valence-electron chi connectivity index (χ0n) is 9.04. The molecule has 0 aliphatic carbocycles. The Bertz CT molecular complexity index is 512. The molecule has 1 amide bonds. The van der Waals surface area contributed by atoms with Crippen molar-refractivity contribution in [3.8, 4) is 0 Å². The average molecular weight is 278 g/mol. The number of hydrogen-bond acceptors (Lipinski definition) is 4. The summed E-state index contributed by atoms with van der Waals surface area (Å²) in [4.78, 5) is 11.1. The lowest BCUT2D eigenvalue weighted by molar-refractivity contribution is 0.177. The maximum atomic E-state index is 11.2. The fraction of sp³-hybridized carbons (Fsp3) is 0.300. The minimum absolute atomic E-state index is 0. The second-order valence-electron chi connectivity index (χ2n) is 3.64. The van der Waals surface area contributed by atoms with E-state index < -0.39 is 15.9 Å². The molecule has 1 saturated heterocycles. The average Bonchev–Trinajstić information content (AvgIpc) is 2.64. The van der Waals surface area contributed by atoms with E-state index in [0.29, 0.717) is 0 Å². The Balaban J connectivity index is 0.00000144. The summed E-state index contributed by atoms with van der Waals surface area (Å²) in [5.74, 6) is 0. The lowest BCUT2D eigenvalue weighted by Crippen LogP contribution is -2.18. The minimum Gasteiger partial charge on any atom is -0.447 e. The van der Waals surface area contributed by atoms with Gasteiger partial charge in [0.1, 0.15) is 6.61 Å². The third kappa shape index (κ3) is 3.10. The Labute approximate surface area is 105 Å². The number of halogens is 1. The fourth-order valence-electron chi connectivity index (χ4n) is 1.51. The van der Waals surface area contributed by atoms with Gasteiger partial charge in [-0.2, -0.15) is 0 Å². The fourth-order valence-corrected chi connectivity index (χ4v) is 2.14. The van der Waals surface area contributed by atoms with Gasteiger partial charge in [0.25, 0.3) is 0 Å². The highest BCUT2D eigenvalue weighted by Gasteiger charge is 2.23. The molecule has 1 aliphatic heterocycles. The van der Waals surface area contributed by atoms with E-state index in [0.717, 1.165) is 11.8 Å². The van der Waals surface area contributed by atoms with Gasteiger partial charge in [-0.25, -0.2) is 13.2 Å². The van der Waals surface area contributed by atoms with Gasteiger partial charge in [0, 0.05) is 6.26 Å². The van der Waals surface area contributed by atoms with Crippen LogP contribution in [0.3, 0.4) is 0 Å². The van der Waals surface area contributed by atoms with Crippen LogP contribution in [0, 0.1) is 0 Å². The number of hydrogen-bond donors (Lipinski definition) is 1. The number of carbonyl (C=O) groups excluding carboxylic acids is 1. The van der Waals surface area contributed by atoms with Gasteiger partial charge in [0.15, 0.2) is 9.84 Å². The number of amides is 1. The maximum absolute atomic E-state index is 11.2. The topological polar surface area (TPSA) is 72.5 Å². The second kappa shape index (κ2) is 4.93. The molecular formula is C10H12ClNO4S. The molecule has 1 fully saturated rings. The normalized spacial score (nSPS) is 19.1. The lowest BCUT2D eigenvalue weighted by Gasteiger charge is -2.07. The van der Waals surface area contributed by atoms with E-state index in [-0.39, 0.29) is 30.0 Å². The van der Waals surface area contributed by atoms with E-state index in [4.69, 9.17) is 4.74 Å². The van der Waals surface area contributed by atoms with Gasteiger partial charge in [0.2, 0.25) is 0 Å². The summed E-state index contributed by atoms with van der Waals surface area (Å²) in [6, 6.07) is 6.21. The Morgan fingerprint density at radius 3 is 2.29 bits per heavy atom. The molecule has 1 aromatic carbocycles. The van der Waals surface area contributed by atoms with E-state index >= 15 is 0 Å². The SMILES string of the molecule is CS(=O)(=O)c1ccc([C@@H]2COC(=O)N2)cc1.Cl. The highest BCUT2D eigenvalue weighted by molar-refractivity contribution is 7.90. The van der Waals surface area contributed by atoms with Gasteiger partial charge in [-0.3, -0.25) is 0 Å². The molecule has 0 bridgehead atoms. The zero-order chi connectivity index (χ0) is 11.8. The number of cyclic esters (lactones) is 1. The first-order chi connectivity index (χ1) is 7.47. The number of sulfone groups is 1. The number of benzene rings is 1. The zero-order valence-corrected chi connectivity index (χ0v) is 10.7. The summed E-state index contributed by atoms with van der Waals surface area (Å²) in [5.41, 5.74) is 0.832. The molecule has 5 nitrogen and oxygen atoms in total. The van der Waals surface area contributed by atoms with Crippen LogP contribution in [0.5, 0.6) is 0 Å². The van der Waals surface area contributed by atoms with E-state index in [2.05, 4.69) is 5.32 Å². The van der Waals surface area contributed by atoms with Crippen LogP contribution >= 0.6 is 12.4 Å². The van der Waals surface area contributed by atoms with Crippen molar-refractivity contribution < 1.29 is 17.9 Å². The van der Waals surface area contributed by atoms with E-state index in [1.54, 1.807) is 12.1 Å². The molecule has 0 unspecified atom stereocenters. The van der Waals surface area contributed by atoms with Crippen LogP contribution in [-0.2, 0) is 14.6 Å². The molecule has 1 heterocycles. The molecule has 94 valence electrons. The van der Waals surface area contributed by atoms with E-state index in [1.807, 2.05) is 0 Å². The van der Waals surface area contributed by atoms with E-state index in [9.17, 15) is 13.2 Å². The number of carbonyl (C=O) groups is 1. The van der Waals surface area contributed by atoms with Crippen molar-refractivity contribution in [2.45, 2.75) is 10.9 Å². The predicted octanol–water partition coefficient (Wildman–Crippen LogP) is 1.29. The molecule has 0 spiro atoms. The summed E-state index contributed by atoms with van der Waals surface area (Å²) in [7, 11) is -3.17. The van der Waals surface area contributed by atoms with Crippen LogP contribution in [0.15, 0.2) is 29.2 Å². The van der Waals surface area contributed by atoms with Crippen molar-refractivity contribution in [3.05, 3.63) is 29.8 Å². The number of nitrogens with one attached hydrogen (secondary N) is 1. The van der Waals surface area contributed by atoms with Crippen LogP contribution in [0.4, 0.5) is 4.79 Å². The van der Waals surface area contributed by atoms with Gasteiger partial charge in [-0.1, -0.05) is 12.1 Å². The third-order valence-electron chi connectivity index (χ3n) is 2.38. The third-order valence-corrected chi connectivity index (χ3v) is 3.51. The molecule has 7 heteroatoms. The molecule has 2 rings (SSSR count). The molecule has 17 heavy (non-hydrogen) atoms. The standard InChI is InChI=1S/C10H11NO4S.ClH/c1-16(13,14)8-4-2-7(3-5-8)9-6-15-10(12)11-9;/h2-5,9H,6H2,1H3,(H,11,12);1H/t9-;/m0./s1. The first-order valence-electron chi connectivity index (χ1n) is 4.70. The molecule has 1 aliphatic rings. The summed E-state index contributed by atoms with van der Waals surface area (Å²) < 4.78 is 27.2. The van der Waals surface area contributed by atoms with Crippen molar-refractivity contribution in [2.75, 3.05) is 12.9 Å². The van der Waals surface area contributed by atoms with Crippen LogP contribution in [0.1, 0.15) is 11.6 Å². The van der Waals surface area contributed by atoms with Crippen molar-refractivity contribution >= 4 is 28.3 Å². The quantitative estimate of drug-likeness (QED) is 0.884. The molecule has 1 atom stereocenters. The second-order valence-corrected chi connectivity index (χ2v) is 5.65. The van der Waals surface area contributed by atoms with Crippen LogP contribution in [-0.4, -0.2) is 27.4 Å². The first-order valence-corrected chi connectivity index (χ1v) is 6.59. The molecule has 0 radical (unpaired) electrons. The smallest absolute Gasteiger partial charge is 0.407 e. The summed E-state index contributed by atoms with van der Waals surface area (Å²) in [6.45, 7) is 0.275. The summed E-state index contributed by atoms with van der Waals surface area (Å²) in [6.07, 6.45) is 0.708. The Morgan fingerprint density at radius 1 is 1.29 bits per heavy atom. The number of ether oxygens (including phenoxy) is 1. The molecule has 1 N–H and O–H groups in total. The van der Waals surface area contributed by atoms with Crippen molar-refractivity contribution in [3.63, 3.8) is 0 Å². The molecule has 0 saturated carbocycles. The minimum atomic E-state index is -3.17. The highest BCUT2D eigenvalue weighted by Crippen LogP contribution is 2.19. The largest absolute Gasteiger partial charge is 0.447 e. The monoisotopic (exact) mass is 277 g/mol. The Hall–Kier alpha value is -1.27. The predicted molar refractivity (Wildman–Crippen MR) is 64.0 cm³/mol. The van der Waals surface area contributed by atoms with Crippen LogP contribution in [0.2, 0.25) is 0 Å². The van der Waals surface area contributed by atoms with Crippen molar-refractivity contribution in [2.24, 2.45) is 0 Å². The molecular weight excluding hydrogens is 266 g/mol. The summed E-state index contributed by atoms with van der Waals surface area (Å²) in [5, 5.41) is 2.62. The van der Waals surface area contributed by atoms with Gasteiger partial charge >= 0.3 is 6.09 Å². The van der Waals surface area contributed by atoms with Gasteiger partial charge in [0.05, 0.1) is 10.9 Å². The van der Waals surface area contributed by atoms with Crippen molar-refractivity contribution in [1.82, 2.24) is 5.32 Å². The lowest BCUT2D eigenvalue weighted by atomic mass is 10.1. The van der Waals surface area contributed by atoms with Crippen LogP contribution in [0.25, 0.3) is 0 Å². The highest BCUT2D eigenvalue weighted by atomic mass is 35.5. The van der Waals surface area contributed by atoms with E-state index in [1.165, 1.54) is 12.1 Å². The van der Waals surface area contributed by atoms with Gasteiger partial charge < -0.3 is 10.1 Å². The molecule has 0 aromatic heterocycles. The Morgan fingerprint density at radius 2 is 1.88 bits per heavy atom.